The number of hydrogen-bond donors (Lipinski definition) is 3. The number of sulfonamides is 1. The molecule has 2 saturated heterocycles. The lowest BCUT2D eigenvalue weighted by atomic mass is 9.94. The van der Waals surface area contributed by atoms with Crippen molar-refractivity contribution in [2.45, 2.75) is 50.0 Å². The maximum Gasteiger partial charge on any atom is 0.407 e. The third kappa shape index (κ3) is 7.70. The van der Waals surface area contributed by atoms with Crippen molar-refractivity contribution in [3.8, 4) is 0 Å². The number of nitrogen functional groups attached to an aromatic ring is 1. The molecule has 1 amide bonds. The van der Waals surface area contributed by atoms with Crippen molar-refractivity contribution >= 4 is 21.8 Å². The summed E-state index contributed by atoms with van der Waals surface area (Å²) in [4.78, 5) is 12.9. The SMILES string of the molecule is CC(C)CN(CC(O)C(Cc1ccccc1)NC(=O)OCC1COC2OCCC12)S(=O)(=O)c1ccc(N)cc1. The first kappa shape index (κ1) is 29.3. The highest BCUT2D eigenvalue weighted by Gasteiger charge is 2.42. The van der Waals surface area contributed by atoms with E-state index in [9.17, 15) is 18.3 Å². The van der Waals surface area contributed by atoms with E-state index in [0.29, 0.717) is 25.3 Å². The average molecular weight is 562 g/mol. The number of nitrogens with one attached hydrogen (secondary N) is 1. The molecule has 4 N–H and O–H groups in total. The van der Waals surface area contributed by atoms with Gasteiger partial charge in [0, 0.05) is 30.6 Å². The van der Waals surface area contributed by atoms with Gasteiger partial charge in [0.15, 0.2) is 6.29 Å². The molecule has 2 fully saturated rings. The highest BCUT2D eigenvalue weighted by atomic mass is 32.2. The standard InChI is InChI=1S/C28H39N3O7S/c1-19(2)15-31(39(34,35)23-10-8-22(29)9-11-23)16-26(32)25(14-20-6-4-3-5-7-20)30-28(33)38-18-21-17-37-27-24(21)12-13-36-27/h3-11,19,21,24-27,32H,12-18,29H2,1-2H3,(H,30,33). The van der Waals surface area contributed by atoms with E-state index < -0.39 is 28.3 Å². The maximum atomic E-state index is 13.5. The van der Waals surface area contributed by atoms with Gasteiger partial charge in [0.2, 0.25) is 10.0 Å². The zero-order valence-corrected chi connectivity index (χ0v) is 23.3. The fourth-order valence-corrected chi connectivity index (χ4v) is 6.67. The van der Waals surface area contributed by atoms with Gasteiger partial charge in [0.25, 0.3) is 0 Å². The number of nitrogens with zero attached hydrogens (tertiary/aromatic N) is 1. The highest BCUT2D eigenvalue weighted by molar-refractivity contribution is 7.89. The predicted molar refractivity (Wildman–Crippen MR) is 146 cm³/mol. The third-order valence-electron chi connectivity index (χ3n) is 7.13. The van der Waals surface area contributed by atoms with Gasteiger partial charge in [0.05, 0.1) is 36.9 Å². The van der Waals surface area contributed by atoms with Crippen molar-refractivity contribution in [2.75, 3.05) is 38.6 Å². The van der Waals surface area contributed by atoms with Crippen LogP contribution in [0.2, 0.25) is 0 Å². The second-order valence-electron chi connectivity index (χ2n) is 10.7. The Hall–Kier alpha value is -2.70. The molecule has 0 bridgehead atoms. The van der Waals surface area contributed by atoms with Crippen molar-refractivity contribution in [3.63, 3.8) is 0 Å². The Morgan fingerprint density at radius 2 is 1.85 bits per heavy atom. The Labute approximate surface area is 230 Å². The molecule has 10 nitrogen and oxygen atoms in total. The number of amides is 1. The molecule has 39 heavy (non-hydrogen) atoms. The van der Waals surface area contributed by atoms with Crippen LogP contribution < -0.4 is 11.1 Å². The molecule has 5 atom stereocenters. The van der Waals surface area contributed by atoms with Crippen LogP contribution in [0, 0.1) is 17.8 Å². The minimum absolute atomic E-state index is 0.00304. The highest BCUT2D eigenvalue weighted by Crippen LogP contribution is 2.35. The predicted octanol–water partition coefficient (Wildman–Crippen LogP) is 2.62. The summed E-state index contributed by atoms with van der Waals surface area (Å²) in [5.41, 5.74) is 7.08. The van der Waals surface area contributed by atoms with Crippen LogP contribution >= 0.6 is 0 Å². The third-order valence-corrected chi connectivity index (χ3v) is 8.98. The van der Waals surface area contributed by atoms with E-state index in [2.05, 4.69) is 5.32 Å². The minimum atomic E-state index is -3.92. The van der Waals surface area contributed by atoms with Gasteiger partial charge in [-0.05, 0) is 48.6 Å². The first-order chi connectivity index (χ1) is 18.6. The first-order valence-corrected chi connectivity index (χ1v) is 14.8. The van der Waals surface area contributed by atoms with Gasteiger partial charge in [-0.25, -0.2) is 13.2 Å². The van der Waals surface area contributed by atoms with Gasteiger partial charge >= 0.3 is 6.09 Å². The number of benzene rings is 2. The van der Waals surface area contributed by atoms with Crippen molar-refractivity contribution in [3.05, 3.63) is 60.2 Å². The Morgan fingerprint density at radius 3 is 2.54 bits per heavy atom. The molecular weight excluding hydrogens is 522 g/mol. The number of rotatable bonds is 12. The summed E-state index contributed by atoms with van der Waals surface area (Å²) < 4.78 is 44.9. The number of anilines is 1. The number of ether oxygens (including phenoxy) is 3. The van der Waals surface area contributed by atoms with E-state index in [4.69, 9.17) is 19.9 Å². The summed E-state index contributed by atoms with van der Waals surface area (Å²) in [5, 5.41) is 14.1. The number of fused-ring (bicyclic) bond motifs is 1. The number of carbonyl (C=O) groups excluding carboxylic acids is 1. The largest absolute Gasteiger partial charge is 0.449 e. The van der Waals surface area contributed by atoms with Crippen LogP contribution in [0.5, 0.6) is 0 Å². The van der Waals surface area contributed by atoms with E-state index in [-0.39, 0.29) is 48.6 Å². The number of alkyl carbamates (subject to hydrolysis) is 1. The Kier molecular flexibility index (Phi) is 9.84. The molecule has 2 aliphatic heterocycles. The van der Waals surface area contributed by atoms with E-state index in [1.165, 1.54) is 28.6 Å². The fourth-order valence-electron chi connectivity index (χ4n) is 5.05. The summed E-state index contributed by atoms with van der Waals surface area (Å²) in [7, 11) is -3.92. The Balaban J connectivity index is 1.46. The maximum absolute atomic E-state index is 13.5. The fraction of sp³-hybridized carbons (Fsp3) is 0.536. The van der Waals surface area contributed by atoms with E-state index >= 15 is 0 Å². The van der Waals surface area contributed by atoms with E-state index in [1.54, 1.807) is 0 Å². The zero-order chi connectivity index (χ0) is 28.0. The molecule has 0 saturated carbocycles. The van der Waals surface area contributed by atoms with Gasteiger partial charge in [-0.3, -0.25) is 0 Å². The molecule has 0 aliphatic carbocycles. The van der Waals surface area contributed by atoms with Crippen LogP contribution in [0.3, 0.4) is 0 Å². The quantitative estimate of drug-likeness (QED) is 0.336. The monoisotopic (exact) mass is 561 g/mol. The number of aliphatic hydroxyl groups is 1. The lowest BCUT2D eigenvalue weighted by Gasteiger charge is -2.30. The lowest BCUT2D eigenvalue weighted by molar-refractivity contribution is -0.0906. The minimum Gasteiger partial charge on any atom is -0.449 e. The van der Waals surface area contributed by atoms with Gasteiger partial charge in [-0.1, -0.05) is 44.2 Å². The molecule has 0 radical (unpaired) electrons. The van der Waals surface area contributed by atoms with Crippen molar-refractivity contribution in [1.29, 1.82) is 0 Å². The smallest absolute Gasteiger partial charge is 0.407 e. The van der Waals surface area contributed by atoms with Gasteiger partial charge in [0.1, 0.15) is 0 Å². The van der Waals surface area contributed by atoms with E-state index in [0.717, 1.165) is 12.0 Å². The summed E-state index contributed by atoms with van der Waals surface area (Å²) >= 11 is 0. The van der Waals surface area contributed by atoms with Crippen molar-refractivity contribution in [2.24, 2.45) is 17.8 Å². The molecule has 2 heterocycles. The Morgan fingerprint density at radius 1 is 1.13 bits per heavy atom. The molecule has 11 heteroatoms. The van der Waals surface area contributed by atoms with Crippen LogP contribution in [-0.2, 0) is 30.7 Å². The number of aliphatic hydroxyl groups excluding tert-OH is 1. The molecule has 0 spiro atoms. The van der Waals surface area contributed by atoms with Crippen molar-refractivity contribution in [1.82, 2.24) is 9.62 Å². The van der Waals surface area contributed by atoms with E-state index in [1.807, 2.05) is 44.2 Å². The van der Waals surface area contributed by atoms with Gasteiger partial charge < -0.3 is 30.4 Å². The molecular formula is C28H39N3O7S. The zero-order valence-electron chi connectivity index (χ0n) is 22.4. The number of carbonyl (C=O) groups is 1. The molecule has 4 rings (SSSR count). The molecule has 2 aromatic carbocycles. The van der Waals surface area contributed by atoms with Crippen molar-refractivity contribution < 1.29 is 32.5 Å². The molecule has 2 aliphatic rings. The van der Waals surface area contributed by atoms with Gasteiger partial charge in [-0.15, -0.1) is 0 Å². The summed E-state index contributed by atoms with van der Waals surface area (Å²) in [5.74, 6) is 0.252. The summed E-state index contributed by atoms with van der Waals surface area (Å²) in [6.07, 6.45) is -0.954. The first-order valence-electron chi connectivity index (χ1n) is 13.4. The Bertz CT molecular complexity index is 1180. The number of nitrogens with two attached hydrogens (primary N) is 1. The topological polar surface area (TPSA) is 140 Å². The van der Waals surface area contributed by atoms with Crippen LogP contribution in [0.4, 0.5) is 10.5 Å². The second kappa shape index (κ2) is 13.1. The normalized spacial score (nSPS) is 22.5. The molecule has 2 aromatic rings. The summed E-state index contributed by atoms with van der Waals surface area (Å²) in [6.45, 7) is 5.07. The number of hydrogen-bond acceptors (Lipinski definition) is 8. The lowest BCUT2D eigenvalue weighted by Crippen LogP contribution is -2.51. The molecule has 5 unspecified atom stereocenters. The molecule has 214 valence electrons. The molecule has 0 aromatic heterocycles. The van der Waals surface area contributed by atoms with Crippen LogP contribution in [0.15, 0.2) is 59.5 Å². The van der Waals surface area contributed by atoms with Crippen LogP contribution in [0.25, 0.3) is 0 Å². The van der Waals surface area contributed by atoms with Gasteiger partial charge in [-0.2, -0.15) is 4.31 Å². The average Bonchev–Trinajstić information content (AvgIpc) is 3.52. The second-order valence-corrected chi connectivity index (χ2v) is 12.6. The van der Waals surface area contributed by atoms with Crippen LogP contribution in [-0.4, -0.2) is 75.3 Å². The van der Waals surface area contributed by atoms with Crippen LogP contribution in [0.1, 0.15) is 25.8 Å². The summed E-state index contributed by atoms with van der Waals surface area (Å²) in [6, 6.07) is 14.6.